The van der Waals surface area contributed by atoms with E-state index in [0.29, 0.717) is 44.4 Å². The average molecular weight is 216 g/mol. The van der Waals surface area contributed by atoms with Crippen molar-refractivity contribution in [2.75, 3.05) is 26.9 Å². The molecule has 1 fully saturated rings. The molecule has 0 saturated heterocycles. The molecule has 0 aromatic rings. The highest BCUT2D eigenvalue weighted by atomic mass is 16.5. The van der Waals surface area contributed by atoms with Gasteiger partial charge in [0.05, 0.1) is 25.9 Å². The molecule has 1 N–H and O–H groups in total. The Bertz CT molecular complexity index is 189. The second kappa shape index (κ2) is 6.93. The molecular weight excluding hydrogens is 196 g/mol. The Balaban J connectivity index is 1.92. The molecule has 4 heteroatoms. The fourth-order valence-electron chi connectivity index (χ4n) is 1.36. The maximum Gasteiger partial charge on any atom is 0.136 e. The smallest absolute Gasteiger partial charge is 0.136 e. The highest BCUT2D eigenvalue weighted by molar-refractivity contribution is 5.83. The van der Waals surface area contributed by atoms with Crippen LogP contribution in [0.5, 0.6) is 0 Å². The third-order valence-corrected chi connectivity index (χ3v) is 2.50. The van der Waals surface area contributed by atoms with E-state index in [1.165, 1.54) is 0 Å². The quantitative estimate of drug-likeness (QED) is 0.578. The number of carbonyl (C=O) groups is 1. The lowest BCUT2D eigenvalue weighted by Crippen LogP contribution is -2.18. The molecule has 0 amide bonds. The summed E-state index contributed by atoms with van der Waals surface area (Å²) in [5.74, 6) is 0.595. The highest BCUT2D eigenvalue weighted by Gasteiger charge is 2.29. The van der Waals surface area contributed by atoms with E-state index in [0.717, 1.165) is 12.8 Å². The number of Topliss-reactive ketones (excluding diaryl/α,β-unsaturated/α-hetero) is 1. The van der Waals surface area contributed by atoms with Crippen LogP contribution < -0.4 is 0 Å². The van der Waals surface area contributed by atoms with Crippen LogP contribution in [0.4, 0.5) is 0 Å². The summed E-state index contributed by atoms with van der Waals surface area (Å²) in [4.78, 5) is 11.3. The summed E-state index contributed by atoms with van der Waals surface area (Å²) in [6.07, 6.45) is 2.56. The van der Waals surface area contributed by atoms with Crippen molar-refractivity contribution < 1.29 is 19.4 Å². The molecule has 1 rings (SSSR count). The molecular formula is C11H20O4. The summed E-state index contributed by atoms with van der Waals surface area (Å²) < 4.78 is 9.96. The molecule has 88 valence electrons. The molecule has 15 heavy (non-hydrogen) atoms. The Labute approximate surface area is 90.6 Å². The van der Waals surface area contributed by atoms with Crippen molar-refractivity contribution in [1.29, 1.82) is 0 Å². The van der Waals surface area contributed by atoms with E-state index in [4.69, 9.17) is 9.47 Å². The minimum Gasteiger partial charge on any atom is -0.391 e. The molecule has 1 saturated carbocycles. The molecule has 4 nitrogen and oxygen atoms in total. The molecule has 1 aliphatic carbocycles. The first-order chi connectivity index (χ1) is 7.24. The van der Waals surface area contributed by atoms with E-state index in [1.54, 1.807) is 7.11 Å². The predicted molar refractivity (Wildman–Crippen MR) is 55.7 cm³/mol. The number of hydrogen-bond acceptors (Lipinski definition) is 4. The topological polar surface area (TPSA) is 55.8 Å². The van der Waals surface area contributed by atoms with Crippen LogP contribution in [-0.4, -0.2) is 43.9 Å². The van der Waals surface area contributed by atoms with Crippen molar-refractivity contribution in [2.45, 2.75) is 31.8 Å². The van der Waals surface area contributed by atoms with Crippen LogP contribution in [0.25, 0.3) is 0 Å². The van der Waals surface area contributed by atoms with Gasteiger partial charge in [-0.25, -0.2) is 0 Å². The largest absolute Gasteiger partial charge is 0.391 e. The SMILES string of the molecule is COCCOCC(O)CCC(=O)C1CC1. The van der Waals surface area contributed by atoms with E-state index in [9.17, 15) is 9.90 Å². The second-order valence-corrected chi connectivity index (χ2v) is 4.00. The molecule has 0 aliphatic heterocycles. The van der Waals surface area contributed by atoms with E-state index in [1.807, 2.05) is 0 Å². The standard InChI is InChI=1S/C11H20O4/c1-14-6-7-15-8-10(12)4-5-11(13)9-2-3-9/h9-10,12H,2-8H2,1H3. The Morgan fingerprint density at radius 1 is 1.47 bits per heavy atom. The number of aliphatic hydroxyl groups excluding tert-OH is 1. The van der Waals surface area contributed by atoms with Gasteiger partial charge in [-0.05, 0) is 19.3 Å². The molecule has 0 aromatic heterocycles. The zero-order valence-electron chi connectivity index (χ0n) is 9.28. The third-order valence-electron chi connectivity index (χ3n) is 2.50. The third kappa shape index (κ3) is 5.87. The molecule has 1 atom stereocenters. The summed E-state index contributed by atoms with van der Waals surface area (Å²) in [6, 6.07) is 0. The van der Waals surface area contributed by atoms with Crippen LogP contribution >= 0.6 is 0 Å². The molecule has 1 aliphatic rings. The Kier molecular flexibility index (Phi) is 5.83. The van der Waals surface area contributed by atoms with Gasteiger partial charge < -0.3 is 14.6 Å². The minimum atomic E-state index is -0.524. The van der Waals surface area contributed by atoms with Gasteiger partial charge in [-0.2, -0.15) is 0 Å². The lowest BCUT2D eigenvalue weighted by Gasteiger charge is -2.10. The zero-order chi connectivity index (χ0) is 11.1. The van der Waals surface area contributed by atoms with Gasteiger partial charge in [0, 0.05) is 19.4 Å². The predicted octanol–water partition coefficient (Wildman–Crippen LogP) is 0.770. The minimum absolute atomic E-state index is 0.293. The van der Waals surface area contributed by atoms with Crippen molar-refractivity contribution in [2.24, 2.45) is 5.92 Å². The van der Waals surface area contributed by atoms with E-state index in [2.05, 4.69) is 0 Å². The number of rotatable bonds is 9. The second-order valence-electron chi connectivity index (χ2n) is 4.00. The number of methoxy groups -OCH3 is 1. The summed E-state index contributed by atoms with van der Waals surface area (Å²) in [7, 11) is 1.61. The Morgan fingerprint density at radius 2 is 2.20 bits per heavy atom. The van der Waals surface area contributed by atoms with Gasteiger partial charge in [0.2, 0.25) is 0 Å². The van der Waals surface area contributed by atoms with E-state index < -0.39 is 6.10 Å². The normalized spacial score (nSPS) is 17.7. The van der Waals surface area contributed by atoms with Crippen LogP contribution in [0.2, 0.25) is 0 Å². The number of hydrogen-bond donors (Lipinski definition) is 1. The zero-order valence-corrected chi connectivity index (χ0v) is 9.28. The van der Waals surface area contributed by atoms with Crippen LogP contribution in [-0.2, 0) is 14.3 Å². The van der Waals surface area contributed by atoms with Crippen LogP contribution in [0.3, 0.4) is 0 Å². The molecule has 0 spiro atoms. The van der Waals surface area contributed by atoms with Crippen molar-refractivity contribution in [3.63, 3.8) is 0 Å². The van der Waals surface area contributed by atoms with Gasteiger partial charge in [-0.3, -0.25) is 4.79 Å². The fourth-order valence-corrected chi connectivity index (χ4v) is 1.36. The van der Waals surface area contributed by atoms with Crippen molar-refractivity contribution >= 4 is 5.78 Å². The highest BCUT2D eigenvalue weighted by Crippen LogP contribution is 2.31. The summed E-state index contributed by atoms with van der Waals surface area (Å²) in [5.41, 5.74) is 0. The van der Waals surface area contributed by atoms with Gasteiger partial charge in [0.1, 0.15) is 5.78 Å². The molecule has 0 heterocycles. The maximum absolute atomic E-state index is 11.3. The number of ketones is 1. The number of carbonyl (C=O) groups excluding carboxylic acids is 1. The van der Waals surface area contributed by atoms with E-state index in [-0.39, 0.29) is 0 Å². The van der Waals surface area contributed by atoms with Crippen LogP contribution in [0.15, 0.2) is 0 Å². The maximum atomic E-state index is 11.3. The van der Waals surface area contributed by atoms with Crippen LogP contribution in [0, 0.1) is 5.92 Å². The monoisotopic (exact) mass is 216 g/mol. The summed E-state index contributed by atoms with van der Waals surface area (Å²) in [6.45, 7) is 1.32. The summed E-state index contributed by atoms with van der Waals surface area (Å²) >= 11 is 0. The van der Waals surface area contributed by atoms with Crippen LogP contribution in [0.1, 0.15) is 25.7 Å². The lowest BCUT2D eigenvalue weighted by atomic mass is 10.1. The van der Waals surface area contributed by atoms with Crippen molar-refractivity contribution in [3.05, 3.63) is 0 Å². The Hall–Kier alpha value is -0.450. The van der Waals surface area contributed by atoms with Crippen molar-refractivity contribution in [3.8, 4) is 0 Å². The van der Waals surface area contributed by atoms with Gasteiger partial charge in [0.15, 0.2) is 0 Å². The number of ether oxygens (including phenoxy) is 2. The first-order valence-electron chi connectivity index (χ1n) is 5.51. The molecule has 0 radical (unpaired) electrons. The first-order valence-corrected chi connectivity index (χ1v) is 5.51. The van der Waals surface area contributed by atoms with Gasteiger partial charge >= 0.3 is 0 Å². The van der Waals surface area contributed by atoms with E-state index >= 15 is 0 Å². The molecule has 0 bridgehead atoms. The first kappa shape index (κ1) is 12.6. The van der Waals surface area contributed by atoms with Gasteiger partial charge in [0.25, 0.3) is 0 Å². The summed E-state index contributed by atoms with van der Waals surface area (Å²) in [5, 5.41) is 9.48. The van der Waals surface area contributed by atoms with Gasteiger partial charge in [-0.1, -0.05) is 0 Å². The molecule has 0 aromatic carbocycles. The number of aliphatic hydroxyl groups is 1. The molecule has 1 unspecified atom stereocenters. The average Bonchev–Trinajstić information content (AvgIpc) is 3.04. The lowest BCUT2D eigenvalue weighted by molar-refractivity contribution is -0.121. The fraction of sp³-hybridized carbons (Fsp3) is 0.909. The van der Waals surface area contributed by atoms with Crippen molar-refractivity contribution in [1.82, 2.24) is 0 Å². The Morgan fingerprint density at radius 3 is 2.80 bits per heavy atom. The van der Waals surface area contributed by atoms with Gasteiger partial charge in [-0.15, -0.1) is 0 Å².